The molecule has 2 aromatic heterocycles. The first-order chi connectivity index (χ1) is 16.7. The molecule has 11 heteroatoms. The van der Waals surface area contributed by atoms with Gasteiger partial charge in [-0.1, -0.05) is 6.07 Å². The van der Waals surface area contributed by atoms with Crippen LogP contribution in [0.15, 0.2) is 40.7 Å². The quantitative estimate of drug-likeness (QED) is 0.345. The molecule has 11 nitrogen and oxygen atoms in total. The van der Waals surface area contributed by atoms with Crippen molar-refractivity contribution >= 4 is 34.2 Å². The molecule has 186 valence electrons. The molecule has 1 atom stereocenters. The van der Waals surface area contributed by atoms with Gasteiger partial charge in [0.2, 0.25) is 0 Å². The van der Waals surface area contributed by atoms with E-state index in [0.29, 0.717) is 11.2 Å². The summed E-state index contributed by atoms with van der Waals surface area (Å²) in [6.07, 6.45) is 4.30. The molecule has 0 bridgehead atoms. The predicted octanol–water partition coefficient (Wildman–Crippen LogP) is 4.57. The summed E-state index contributed by atoms with van der Waals surface area (Å²) in [7, 11) is 0. The van der Waals surface area contributed by atoms with Crippen molar-refractivity contribution in [1.82, 2.24) is 20.1 Å². The number of ether oxygens (including phenoxy) is 2. The fourth-order valence-electron chi connectivity index (χ4n) is 3.88. The number of benzene rings is 1. The van der Waals surface area contributed by atoms with Crippen LogP contribution in [0.3, 0.4) is 0 Å². The summed E-state index contributed by atoms with van der Waals surface area (Å²) < 4.78 is 13.0. The molecule has 0 spiro atoms. The standard InChI is InChI=1S/C24H32N8O3/c1-24(2,3)35-23(33)27-11-12-28-31-21-16-8-7-15(14-17(16)30-22(26)20(21)25)18-9-10-29-32(18)19-6-4-5-13-34-19/h7-10,14,19H,4-6,11-13,25H2,1-3H3,(H2,26,30)(H,27,33). The number of fused-ring (bicyclic) bond motifs is 1. The lowest BCUT2D eigenvalue weighted by molar-refractivity contribution is -0.0383. The first-order valence-electron chi connectivity index (χ1n) is 11.7. The number of alkyl carbamates (subject to hydrolysis) is 1. The maximum atomic E-state index is 11.8. The molecule has 0 saturated carbocycles. The zero-order chi connectivity index (χ0) is 25.0. The Morgan fingerprint density at radius 1 is 1.29 bits per heavy atom. The SMILES string of the molecule is CC(C)(C)OC(=O)NCCN=Nc1c(N)c(N)nc2cc(-c3ccnn3C3CCCCO3)ccc12. The lowest BCUT2D eigenvalue weighted by Gasteiger charge is -2.24. The molecule has 1 saturated heterocycles. The summed E-state index contributed by atoms with van der Waals surface area (Å²) >= 11 is 0. The molecule has 1 fully saturated rings. The number of rotatable bonds is 6. The minimum absolute atomic E-state index is 0.0763. The molecular weight excluding hydrogens is 448 g/mol. The van der Waals surface area contributed by atoms with Crippen molar-refractivity contribution < 1.29 is 14.3 Å². The van der Waals surface area contributed by atoms with E-state index < -0.39 is 11.7 Å². The fourth-order valence-corrected chi connectivity index (χ4v) is 3.88. The first-order valence-corrected chi connectivity index (χ1v) is 11.7. The topological polar surface area (TPSA) is 155 Å². The van der Waals surface area contributed by atoms with Gasteiger partial charge < -0.3 is 26.3 Å². The molecule has 1 amide bonds. The van der Waals surface area contributed by atoms with Gasteiger partial charge in [0.25, 0.3) is 0 Å². The summed E-state index contributed by atoms with van der Waals surface area (Å²) in [4.78, 5) is 16.2. The molecule has 3 heterocycles. The van der Waals surface area contributed by atoms with Crippen molar-refractivity contribution in [2.24, 2.45) is 10.2 Å². The Morgan fingerprint density at radius 3 is 2.86 bits per heavy atom. The van der Waals surface area contributed by atoms with Crippen molar-refractivity contribution in [3.05, 3.63) is 30.5 Å². The number of hydrogen-bond acceptors (Lipinski definition) is 9. The second kappa shape index (κ2) is 10.3. The maximum absolute atomic E-state index is 11.8. The second-order valence-corrected chi connectivity index (χ2v) is 9.37. The van der Waals surface area contributed by atoms with Gasteiger partial charge in [-0.15, -0.1) is 0 Å². The van der Waals surface area contributed by atoms with Gasteiger partial charge in [0.05, 0.1) is 17.8 Å². The van der Waals surface area contributed by atoms with Gasteiger partial charge in [0.15, 0.2) is 6.23 Å². The van der Waals surface area contributed by atoms with Crippen molar-refractivity contribution in [2.45, 2.75) is 51.9 Å². The summed E-state index contributed by atoms with van der Waals surface area (Å²) in [5, 5.41) is 16.3. The molecule has 3 aromatic rings. The molecule has 0 aliphatic carbocycles. The van der Waals surface area contributed by atoms with Gasteiger partial charge in [0, 0.05) is 30.3 Å². The second-order valence-electron chi connectivity index (χ2n) is 9.37. The number of azo groups is 1. The summed E-state index contributed by atoms with van der Waals surface area (Å²) in [5.74, 6) is 0.180. The largest absolute Gasteiger partial charge is 0.444 e. The monoisotopic (exact) mass is 480 g/mol. The number of nitrogens with one attached hydrogen (secondary N) is 1. The molecule has 1 aromatic carbocycles. The van der Waals surface area contributed by atoms with E-state index in [1.54, 1.807) is 27.0 Å². The molecule has 5 N–H and O–H groups in total. The van der Waals surface area contributed by atoms with Gasteiger partial charge in [-0.2, -0.15) is 15.3 Å². The van der Waals surface area contributed by atoms with Crippen LogP contribution in [-0.2, 0) is 9.47 Å². The van der Waals surface area contributed by atoms with Crippen LogP contribution >= 0.6 is 0 Å². The zero-order valence-electron chi connectivity index (χ0n) is 20.3. The number of anilines is 2. The number of amides is 1. The Bertz CT molecular complexity index is 1230. The van der Waals surface area contributed by atoms with Crippen molar-refractivity contribution in [3.8, 4) is 11.3 Å². The van der Waals surface area contributed by atoms with E-state index in [0.717, 1.165) is 42.5 Å². The van der Waals surface area contributed by atoms with Gasteiger partial charge in [-0.3, -0.25) is 0 Å². The molecule has 0 radical (unpaired) electrons. The number of nitrogens with zero attached hydrogens (tertiary/aromatic N) is 5. The predicted molar refractivity (Wildman–Crippen MR) is 134 cm³/mol. The molecule has 4 rings (SSSR count). The number of nitrogen functional groups attached to an aromatic ring is 2. The molecule has 1 unspecified atom stereocenters. The molecule has 1 aliphatic rings. The van der Waals surface area contributed by atoms with Gasteiger partial charge in [0.1, 0.15) is 22.8 Å². The van der Waals surface area contributed by atoms with Crippen LogP contribution in [0.5, 0.6) is 0 Å². The Morgan fingerprint density at radius 2 is 2.11 bits per heavy atom. The Kier molecular flexibility index (Phi) is 7.15. The van der Waals surface area contributed by atoms with Crippen LogP contribution in [0.1, 0.15) is 46.3 Å². The molecular formula is C24H32N8O3. The third-order valence-corrected chi connectivity index (χ3v) is 5.47. The van der Waals surface area contributed by atoms with E-state index in [4.69, 9.17) is 20.9 Å². The van der Waals surface area contributed by atoms with E-state index in [-0.39, 0.29) is 30.8 Å². The maximum Gasteiger partial charge on any atom is 0.407 e. The van der Waals surface area contributed by atoms with Gasteiger partial charge in [-0.25, -0.2) is 14.5 Å². The number of aromatic nitrogens is 3. The highest BCUT2D eigenvalue weighted by Gasteiger charge is 2.20. The lowest BCUT2D eigenvalue weighted by atomic mass is 10.1. The average Bonchev–Trinajstić information content (AvgIpc) is 3.30. The van der Waals surface area contributed by atoms with Gasteiger partial charge in [-0.05, 0) is 58.2 Å². The normalized spacial score (nSPS) is 16.6. The molecule has 35 heavy (non-hydrogen) atoms. The highest BCUT2D eigenvalue weighted by molar-refractivity contribution is 6.00. The first kappa shape index (κ1) is 24.4. The van der Waals surface area contributed by atoms with Crippen LogP contribution in [-0.4, -0.2) is 46.2 Å². The number of nitrogens with two attached hydrogens (primary N) is 2. The van der Waals surface area contributed by atoms with E-state index in [2.05, 4.69) is 25.6 Å². The lowest BCUT2D eigenvalue weighted by Crippen LogP contribution is -2.33. The number of hydrogen-bond donors (Lipinski definition) is 3. The molecule has 1 aliphatic heterocycles. The van der Waals surface area contributed by atoms with Crippen molar-refractivity contribution in [1.29, 1.82) is 0 Å². The van der Waals surface area contributed by atoms with Crippen LogP contribution in [0.4, 0.5) is 22.0 Å². The highest BCUT2D eigenvalue weighted by atomic mass is 16.6. The van der Waals surface area contributed by atoms with E-state index >= 15 is 0 Å². The van der Waals surface area contributed by atoms with Crippen LogP contribution < -0.4 is 16.8 Å². The van der Waals surface area contributed by atoms with Crippen LogP contribution in [0.25, 0.3) is 22.2 Å². The van der Waals surface area contributed by atoms with Crippen LogP contribution in [0.2, 0.25) is 0 Å². The van der Waals surface area contributed by atoms with E-state index in [9.17, 15) is 4.79 Å². The third kappa shape index (κ3) is 5.86. The summed E-state index contributed by atoms with van der Waals surface area (Å²) in [6.45, 7) is 6.67. The zero-order valence-corrected chi connectivity index (χ0v) is 20.3. The van der Waals surface area contributed by atoms with E-state index in [1.165, 1.54) is 0 Å². The van der Waals surface area contributed by atoms with E-state index in [1.807, 2.05) is 28.9 Å². The summed E-state index contributed by atoms with van der Waals surface area (Å²) in [5.41, 5.74) is 14.9. The Balaban J connectivity index is 1.53. The Labute approximate surface area is 203 Å². The van der Waals surface area contributed by atoms with Crippen molar-refractivity contribution in [3.63, 3.8) is 0 Å². The average molecular weight is 481 g/mol. The smallest absolute Gasteiger partial charge is 0.407 e. The number of pyridine rings is 1. The van der Waals surface area contributed by atoms with Gasteiger partial charge >= 0.3 is 6.09 Å². The Hall–Kier alpha value is -3.73. The number of carbonyl (C=O) groups excluding carboxylic acids is 1. The van der Waals surface area contributed by atoms with Crippen LogP contribution in [0, 0.1) is 0 Å². The third-order valence-electron chi connectivity index (χ3n) is 5.47. The minimum Gasteiger partial charge on any atom is -0.444 e. The minimum atomic E-state index is -0.562. The fraction of sp³-hybridized carbons (Fsp3) is 0.458. The summed E-state index contributed by atoms with van der Waals surface area (Å²) in [6, 6.07) is 7.77. The highest BCUT2D eigenvalue weighted by Crippen LogP contribution is 2.37. The number of carbonyl (C=O) groups is 1. The van der Waals surface area contributed by atoms with Crippen molar-refractivity contribution in [2.75, 3.05) is 31.2 Å².